The first-order valence-electron chi connectivity index (χ1n) is 6.17. The summed E-state index contributed by atoms with van der Waals surface area (Å²) in [7, 11) is 0. The van der Waals surface area contributed by atoms with Crippen LogP contribution in [0.3, 0.4) is 0 Å². The van der Waals surface area contributed by atoms with E-state index in [9.17, 15) is 0 Å². The van der Waals surface area contributed by atoms with Crippen LogP contribution in [-0.4, -0.2) is 13.1 Å². The Morgan fingerprint density at radius 2 is 1.93 bits per heavy atom. The van der Waals surface area contributed by atoms with Crippen molar-refractivity contribution in [2.24, 2.45) is 0 Å². The second-order valence-corrected chi connectivity index (χ2v) is 4.00. The molecule has 0 aromatic carbocycles. The van der Waals surface area contributed by atoms with Crippen LogP contribution in [-0.2, 0) is 0 Å². The molecule has 0 atom stereocenters. The summed E-state index contributed by atoms with van der Waals surface area (Å²) < 4.78 is 0. The molecule has 0 saturated carbocycles. The van der Waals surface area contributed by atoms with Crippen LogP contribution in [0.2, 0.25) is 0 Å². The van der Waals surface area contributed by atoms with Gasteiger partial charge in [0.25, 0.3) is 0 Å². The van der Waals surface area contributed by atoms with Gasteiger partial charge in [0, 0.05) is 0 Å². The van der Waals surface area contributed by atoms with E-state index in [1.165, 1.54) is 38.5 Å². The summed E-state index contributed by atoms with van der Waals surface area (Å²) in [4.78, 5) is 0. The summed E-state index contributed by atoms with van der Waals surface area (Å²) in [6.45, 7) is 8.89. The Hall–Kier alpha value is -0.300. The molecule has 84 valence electrons. The molecule has 0 unspecified atom stereocenters. The molecule has 0 aromatic rings. The monoisotopic (exact) mass is 197 g/mol. The van der Waals surface area contributed by atoms with Crippen LogP contribution in [0.15, 0.2) is 11.6 Å². The van der Waals surface area contributed by atoms with Gasteiger partial charge in [0.15, 0.2) is 0 Å². The summed E-state index contributed by atoms with van der Waals surface area (Å²) in [5.41, 5.74) is 1.57. The maximum atomic E-state index is 3.34. The molecule has 14 heavy (non-hydrogen) atoms. The number of rotatable bonds is 9. The van der Waals surface area contributed by atoms with Crippen molar-refractivity contribution in [3.05, 3.63) is 11.6 Å². The van der Waals surface area contributed by atoms with Crippen LogP contribution in [0.1, 0.15) is 59.3 Å². The van der Waals surface area contributed by atoms with Crippen LogP contribution in [0.25, 0.3) is 0 Å². The van der Waals surface area contributed by atoms with Crippen molar-refractivity contribution in [3.8, 4) is 0 Å². The van der Waals surface area contributed by atoms with E-state index in [1.54, 1.807) is 5.57 Å². The molecular formula is C13H27N. The molecule has 0 aliphatic rings. The molecule has 0 aliphatic heterocycles. The first-order chi connectivity index (χ1) is 6.81. The quantitative estimate of drug-likeness (QED) is 0.436. The third-order valence-electron chi connectivity index (χ3n) is 2.49. The summed E-state index contributed by atoms with van der Waals surface area (Å²) in [6.07, 6.45) is 10.4. The van der Waals surface area contributed by atoms with Gasteiger partial charge in [-0.15, -0.1) is 0 Å². The average Bonchev–Trinajstić information content (AvgIpc) is 2.19. The van der Waals surface area contributed by atoms with Gasteiger partial charge < -0.3 is 5.32 Å². The molecule has 0 amide bonds. The van der Waals surface area contributed by atoms with Crippen LogP contribution < -0.4 is 5.32 Å². The fourth-order valence-corrected chi connectivity index (χ4v) is 1.53. The largest absolute Gasteiger partial charge is 0.317 e. The SMILES string of the molecule is CCCCCCC(C)=CCCNCC. The second-order valence-electron chi connectivity index (χ2n) is 4.00. The first kappa shape index (κ1) is 13.7. The van der Waals surface area contributed by atoms with Crippen molar-refractivity contribution in [2.75, 3.05) is 13.1 Å². The van der Waals surface area contributed by atoms with Gasteiger partial charge in [-0.1, -0.05) is 44.8 Å². The van der Waals surface area contributed by atoms with Crippen LogP contribution in [0, 0.1) is 0 Å². The summed E-state index contributed by atoms with van der Waals surface area (Å²) >= 11 is 0. The Morgan fingerprint density at radius 1 is 1.14 bits per heavy atom. The van der Waals surface area contributed by atoms with Gasteiger partial charge >= 0.3 is 0 Å². The highest BCUT2D eigenvalue weighted by molar-refractivity contribution is 4.97. The predicted octanol–water partition coefficient (Wildman–Crippen LogP) is 3.90. The second kappa shape index (κ2) is 10.8. The molecule has 0 rings (SSSR count). The van der Waals surface area contributed by atoms with E-state index in [2.05, 4.69) is 32.2 Å². The van der Waals surface area contributed by atoms with Gasteiger partial charge in [-0.3, -0.25) is 0 Å². The minimum absolute atomic E-state index is 1.09. The highest BCUT2D eigenvalue weighted by atomic mass is 14.8. The Kier molecular flexibility index (Phi) is 10.5. The van der Waals surface area contributed by atoms with Crippen LogP contribution >= 0.6 is 0 Å². The molecule has 0 bridgehead atoms. The topological polar surface area (TPSA) is 12.0 Å². The highest BCUT2D eigenvalue weighted by Gasteiger charge is 1.91. The highest BCUT2D eigenvalue weighted by Crippen LogP contribution is 2.09. The molecule has 0 heterocycles. The molecule has 0 fully saturated rings. The lowest BCUT2D eigenvalue weighted by Crippen LogP contribution is -2.13. The van der Waals surface area contributed by atoms with Crippen molar-refractivity contribution < 1.29 is 0 Å². The Balaban J connectivity index is 3.28. The molecule has 0 saturated heterocycles. The van der Waals surface area contributed by atoms with Crippen molar-refractivity contribution in [3.63, 3.8) is 0 Å². The Morgan fingerprint density at radius 3 is 2.57 bits per heavy atom. The number of allylic oxidation sites excluding steroid dienone is 1. The van der Waals surface area contributed by atoms with Gasteiger partial charge in [0.1, 0.15) is 0 Å². The summed E-state index contributed by atoms with van der Waals surface area (Å²) in [5, 5.41) is 3.34. The molecule has 0 aromatic heterocycles. The van der Waals surface area contributed by atoms with Crippen molar-refractivity contribution in [1.29, 1.82) is 0 Å². The zero-order valence-electron chi connectivity index (χ0n) is 10.2. The van der Waals surface area contributed by atoms with Crippen molar-refractivity contribution in [1.82, 2.24) is 5.32 Å². The summed E-state index contributed by atoms with van der Waals surface area (Å²) in [5.74, 6) is 0. The molecule has 0 aliphatic carbocycles. The van der Waals surface area contributed by atoms with Crippen molar-refractivity contribution in [2.45, 2.75) is 59.3 Å². The minimum Gasteiger partial charge on any atom is -0.317 e. The van der Waals surface area contributed by atoms with Gasteiger partial charge in [-0.25, -0.2) is 0 Å². The smallest absolute Gasteiger partial charge is 0.00143 e. The molecule has 0 radical (unpaired) electrons. The number of hydrogen-bond donors (Lipinski definition) is 1. The summed E-state index contributed by atoms with van der Waals surface area (Å²) in [6, 6.07) is 0. The molecule has 1 heteroatoms. The maximum Gasteiger partial charge on any atom is -0.00143 e. The zero-order valence-corrected chi connectivity index (χ0v) is 10.2. The number of hydrogen-bond acceptors (Lipinski definition) is 1. The van der Waals surface area contributed by atoms with E-state index in [1.807, 2.05) is 0 Å². The van der Waals surface area contributed by atoms with Gasteiger partial charge in [0.05, 0.1) is 0 Å². The lowest BCUT2D eigenvalue weighted by molar-refractivity contribution is 0.661. The first-order valence-corrected chi connectivity index (χ1v) is 6.17. The molecular weight excluding hydrogens is 170 g/mol. The average molecular weight is 197 g/mol. The van der Waals surface area contributed by atoms with Crippen LogP contribution in [0.4, 0.5) is 0 Å². The van der Waals surface area contributed by atoms with Gasteiger partial charge in [-0.05, 0) is 39.3 Å². The third-order valence-corrected chi connectivity index (χ3v) is 2.49. The predicted molar refractivity (Wildman–Crippen MR) is 65.7 cm³/mol. The van der Waals surface area contributed by atoms with Crippen LogP contribution in [0.5, 0.6) is 0 Å². The maximum absolute atomic E-state index is 3.34. The molecule has 0 spiro atoms. The Bertz CT molecular complexity index is 138. The van der Waals surface area contributed by atoms with Gasteiger partial charge in [0.2, 0.25) is 0 Å². The van der Waals surface area contributed by atoms with E-state index in [4.69, 9.17) is 0 Å². The number of unbranched alkanes of at least 4 members (excludes halogenated alkanes) is 3. The van der Waals surface area contributed by atoms with E-state index < -0.39 is 0 Å². The van der Waals surface area contributed by atoms with Gasteiger partial charge in [-0.2, -0.15) is 0 Å². The third kappa shape index (κ3) is 9.79. The van der Waals surface area contributed by atoms with E-state index in [-0.39, 0.29) is 0 Å². The van der Waals surface area contributed by atoms with E-state index in [0.717, 1.165) is 13.1 Å². The lowest BCUT2D eigenvalue weighted by Gasteiger charge is -2.02. The molecule has 1 N–H and O–H groups in total. The zero-order chi connectivity index (χ0) is 10.6. The Labute approximate surface area is 90.0 Å². The normalized spacial score (nSPS) is 12.1. The fraction of sp³-hybridized carbons (Fsp3) is 0.846. The standard InChI is InChI=1S/C13H27N/c1-4-6-7-8-10-13(3)11-9-12-14-5-2/h11,14H,4-10,12H2,1-3H3. The lowest BCUT2D eigenvalue weighted by atomic mass is 10.1. The minimum atomic E-state index is 1.09. The number of nitrogens with one attached hydrogen (secondary N) is 1. The fourth-order valence-electron chi connectivity index (χ4n) is 1.53. The molecule has 1 nitrogen and oxygen atoms in total. The van der Waals surface area contributed by atoms with E-state index >= 15 is 0 Å². The van der Waals surface area contributed by atoms with E-state index in [0.29, 0.717) is 0 Å². The van der Waals surface area contributed by atoms with Crippen molar-refractivity contribution >= 4 is 0 Å².